The van der Waals surface area contributed by atoms with E-state index in [-0.39, 0.29) is 16.6 Å². The predicted octanol–water partition coefficient (Wildman–Crippen LogP) is 3.80. The molecule has 0 spiro atoms. The van der Waals surface area contributed by atoms with Gasteiger partial charge in [0.15, 0.2) is 6.10 Å². The Labute approximate surface area is 173 Å². The highest BCUT2D eigenvalue weighted by Crippen LogP contribution is 2.22. The van der Waals surface area contributed by atoms with Crippen molar-refractivity contribution in [1.29, 1.82) is 0 Å². The summed E-state index contributed by atoms with van der Waals surface area (Å²) in [6, 6.07) is 16.2. The summed E-state index contributed by atoms with van der Waals surface area (Å²) in [6.45, 7) is 1.96. The Hall–Kier alpha value is -3.12. The molecule has 6 nitrogen and oxygen atoms in total. The number of methoxy groups -OCH3 is 1. The first-order valence-electron chi connectivity index (χ1n) is 9.15. The van der Waals surface area contributed by atoms with Crippen molar-refractivity contribution >= 4 is 34.4 Å². The van der Waals surface area contributed by atoms with Crippen molar-refractivity contribution in [3.63, 3.8) is 0 Å². The fourth-order valence-corrected chi connectivity index (χ4v) is 3.06. The summed E-state index contributed by atoms with van der Waals surface area (Å²) in [5, 5.41) is 3.59. The van der Waals surface area contributed by atoms with E-state index in [1.54, 1.807) is 31.4 Å². The quantitative estimate of drug-likeness (QED) is 0.471. The summed E-state index contributed by atoms with van der Waals surface area (Å²) in [5.74, 6) is -0.207. The Morgan fingerprint density at radius 2 is 1.86 bits per heavy atom. The molecule has 0 saturated carbocycles. The van der Waals surface area contributed by atoms with Crippen LogP contribution in [0.5, 0.6) is 5.75 Å². The molecule has 1 heterocycles. The molecular weight excluding hydrogens is 392 g/mol. The van der Waals surface area contributed by atoms with Gasteiger partial charge in [0.2, 0.25) is 0 Å². The molecule has 7 heteroatoms. The molecule has 3 rings (SSSR count). The summed E-state index contributed by atoms with van der Waals surface area (Å²) in [4.78, 5) is 29.0. The maximum Gasteiger partial charge on any atom is 0.339 e. The standard InChI is InChI=1S/C22H21ClN2O4/c1-14(21(26)24-12-11-15-7-9-16(28-2)10-8-15)29-22(27)18-13-20(23)25-19-6-4-3-5-17(18)19/h3-10,13-14H,11-12H2,1-2H3,(H,24,26)/t14-/m1/s1. The second-order valence-corrected chi connectivity index (χ2v) is 6.83. The van der Waals surface area contributed by atoms with Gasteiger partial charge >= 0.3 is 5.97 Å². The van der Waals surface area contributed by atoms with Crippen LogP contribution in [0.15, 0.2) is 54.6 Å². The fourth-order valence-electron chi connectivity index (χ4n) is 2.86. The summed E-state index contributed by atoms with van der Waals surface area (Å²) in [7, 11) is 1.61. The van der Waals surface area contributed by atoms with Crippen LogP contribution < -0.4 is 10.1 Å². The second kappa shape index (κ2) is 9.39. The smallest absolute Gasteiger partial charge is 0.339 e. The predicted molar refractivity (Wildman–Crippen MR) is 111 cm³/mol. The van der Waals surface area contributed by atoms with Crippen LogP contribution in [0.3, 0.4) is 0 Å². The number of esters is 1. The lowest BCUT2D eigenvalue weighted by Gasteiger charge is -2.14. The third kappa shape index (κ3) is 5.23. The van der Waals surface area contributed by atoms with Crippen molar-refractivity contribution in [3.05, 3.63) is 70.9 Å². The second-order valence-electron chi connectivity index (χ2n) is 6.45. The van der Waals surface area contributed by atoms with Crippen LogP contribution in [-0.2, 0) is 16.0 Å². The highest BCUT2D eigenvalue weighted by atomic mass is 35.5. The molecule has 1 amide bonds. The third-order valence-corrected chi connectivity index (χ3v) is 4.62. The monoisotopic (exact) mass is 412 g/mol. The zero-order valence-corrected chi connectivity index (χ0v) is 16.9. The minimum absolute atomic E-state index is 0.187. The number of ether oxygens (including phenoxy) is 2. The number of carbonyl (C=O) groups is 2. The molecule has 0 radical (unpaired) electrons. The van der Waals surface area contributed by atoms with Crippen LogP contribution in [0.1, 0.15) is 22.8 Å². The molecule has 0 saturated heterocycles. The number of halogens is 1. The van der Waals surface area contributed by atoms with E-state index in [0.717, 1.165) is 11.3 Å². The number of rotatable bonds is 7. The minimum atomic E-state index is -0.941. The van der Waals surface area contributed by atoms with Crippen LogP contribution in [0, 0.1) is 0 Å². The molecule has 2 aromatic carbocycles. The fraction of sp³-hybridized carbons (Fsp3) is 0.227. The lowest BCUT2D eigenvalue weighted by Crippen LogP contribution is -2.37. The SMILES string of the molecule is COc1ccc(CCNC(=O)[C@@H](C)OC(=O)c2cc(Cl)nc3ccccc23)cc1. The van der Waals surface area contributed by atoms with Crippen molar-refractivity contribution in [2.24, 2.45) is 0 Å². The van der Waals surface area contributed by atoms with Crippen LogP contribution in [0.2, 0.25) is 5.15 Å². The summed E-state index contributed by atoms with van der Waals surface area (Å²) >= 11 is 6.01. The maximum atomic E-state index is 12.6. The lowest BCUT2D eigenvalue weighted by atomic mass is 10.1. The zero-order valence-electron chi connectivity index (χ0n) is 16.1. The van der Waals surface area contributed by atoms with E-state index in [0.29, 0.717) is 23.9 Å². The summed E-state index contributed by atoms with van der Waals surface area (Å²) in [6.07, 6.45) is -0.287. The van der Waals surface area contributed by atoms with E-state index in [9.17, 15) is 9.59 Å². The molecule has 29 heavy (non-hydrogen) atoms. The first kappa shape index (κ1) is 20.6. The van der Waals surface area contributed by atoms with E-state index in [2.05, 4.69) is 10.3 Å². The Morgan fingerprint density at radius 1 is 1.14 bits per heavy atom. The molecule has 0 bridgehead atoms. The molecule has 3 aromatic rings. The number of hydrogen-bond donors (Lipinski definition) is 1. The van der Waals surface area contributed by atoms with E-state index in [4.69, 9.17) is 21.1 Å². The number of nitrogens with zero attached hydrogens (tertiary/aromatic N) is 1. The average Bonchev–Trinajstić information content (AvgIpc) is 2.73. The number of aromatic nitrogens is 1. The number of benzene rings is 2. The first-order valence-corrected chi connectivity index (χ1v) is 9.52. The van der Waals surface area contributed by atoms with Crippen LogP contribution in [-0.4, -0.2) is 36.6 Å². The molecule has 1 aromatic heterocycles. The number of hydrogen-bond acceptors (Lipinski definition) is 5. The molecule has 0 aliphatic heterocycles. The molecule has 150 valence electrons. The average molecular weight is 413 g/mol. The van der Waals surface area contributed by atoms with Crippen molar-refractivity contribution < 1.29 is 19.1 Å². The molecular formula is C22H21ClN2O4. The van der Waals surface area contributed by atoms with Crippen molar-refractivity contribution in [2.75, 3.05) is 13.7 Å². The molecule has 0 aliphatic carbocycles. The Bertz CT molecular complexity index is 1020. The van der Waals surface area contributed by atoms with Crippen molar-refractivity contribution in [3.8, 4) is 5.75 Å². The van der Waals surface area contributed by atoms with Gasteiger partial charge in [-0.3, -0.25) is 4.79 Å². The first-order chi connectivity index (χ1) is 14.0. The van der Waals surface area contributed by atoms with Gasteiger partial charge in [-0.2, -0.15) is 0 Å². The zero-order chi connectivity index (χ0) is 20.8. The van der Waals surface area contributed by atoms with Gasteiger partial charge in [-0.15, -0.1) is 0 Å². The highest BCUT2D eigenvalue weighted by Gasteiger charge is 2.21. The Kier molecular flexibility index (Phi) is 6.67. The largest absolute Gasteiger partial charge is 0.497 e. The number of pyridine rings is 1. The number of carbonyl (C=O) groups excluding carboxylic acids is 2. The normalized spacial score (nSPS) is 11.7. The topological polar surface area (TPSA) is 77.5 Å². The van der Waals surface area contributed by atoms with Gasteiger partial charge in [0.25, 0.3) is 5.91 Å². The van der Waals surface area contributed by atoms with Crippen LogP contribution in [0.25, 0.3) is 10.9 Å². The van der Waals surface area contributed by atoms with Gasteiger partial charge in [0, 0.05) is 11.9 Å². The summed E-state index contributed by atoms with van der Waals surface area (Å²) < 4.78 is 10.5. The van der Waals surface area contributed by atoms with Crippen molar-refractivity contribution in [2.45, 2.75) is 19.4 Å². The number of nitrogens with one attached hydrogen (secondary N) is 1. The van der Waals surface area contributed by atoms with Crippen LogP contribution in [0.4, 0.5) is 0 Å². The van der Waals surface area contributed by atoms with Gasteiger partial charge in [0.1, 0.15) is 10.9 Å². The van der Waals surface area contributed by atoms with Crippen molar-refractivity contribution in [1.82, 2.24) is 10.3 Å². The molecule has 0 aliphatic rings. The molecule has 1 N–H and O–H groups in total. The van der Waals surface area contributed by atoms with E-state index in [1.807, 2.05) is 24.3 Å². The van der Waals surface area contributed by atoms with E-state index in [1.165, 1.54) is 13.0 Å². The van der Waals surface area contributed by atoms with Crippen LogP contribution >= 0.6 is 11.6 Å². The summed E-state index contributed by atoms with van der Waals surface area (Å²) in [5.41, 5.74) is 1.93. The number of amides is 1. The Morgan fingerprint density at radius 3 is 2.59 bits per heavy atom. The number of para-hydroxylation sites is 1. The van der Waals surface area contributed by atoms with Gasteiger partial charge < -0.3 is 14.8 Å². The Balaban J connectivity index is 1.57. The van der Waals surface area contributed by atoms with Gasteiger partial charge in [-0.25, -0.2) is 9.78 Å². The lowest BCUT2D eigenvalue weighted by molar-refractivity contribution is -0.129. The molecule has 0 unspecified atom stereocenters. The molecule has 1 atom stereocenters. The maximum absolute atomic E-state index is 12.6. The number of fused-ring (bicyclic) bond motifs is 1. The van der Waals surface area contributed by atoms with Gasteiger partial charge in [-0.1, -0.05) is 41.9 Å². The third-order valence-electron chi connectivity index (χ3n) is 4.43. The molecule has 0 fully saturated rings. The van der Waals surface area contributed by atoms with E-state index < -0.39 is 12.1 Å². The van der Waals surface area contributed by atoms with Gasteiger partial charge in [-0.05, 0) is 43.2 Å². The van der Waals surface area contributed by atoms with Gasteiger partial charge in [0.05, 0.1) is 18.2 Å². The minimum Gasteiger partial charge on any atom is -0.497 e. The highest BCUT2D eigenvalue weighted by molar-refractivity contribution is 6.30. The van der Waals surface area contributed by atoms with E-state index >= 15 is 0 Å².